The third-order valence-electron chi connectivity index (χ3n) is 3.59. The third kappa shape index (κ3) is 3.05. The minimum absolute atomic E-state index is 0.177. The molecule has 18 heavy (non-hydrogen) atoms. The molecule has 1 N–H and O–H groups in total. The molecule has 0 radical (unpaired) electrons. The van der Waals surface area contributed by atoms with Crippen molar-refractivity contribution in [1.29, 1.82) is 0 Å². The van der Waals surface area contributed by atoms with Crippen LogP contribution in [-0.2, 0) is 6.54 Å². The van der Waals surface area contributed by atoms with E-state index < -0.39 is 0 Å². The molecule has 2 rings (SSSR count). The van der Waals surface area contributed by atoms with Gasteiger partial charge < -0.3 is 4.90 Å². The van der Waals surface area contributed by atoms with Crippen molar-refractivity contribution in [1.82, 2.24) is 5.32 Å². The van der Waals surface area contributed by atoms with Gasteiger partial charge in [0.25, 0.3) is 0 Å². The van der Waals surface area contributed by atoms with Gasteiger partial charge in [0.15, 0.2) is 0 Å². The zero-order valence-electron chi connectivity index (χ0n) is 11.2. The first-order valence-corrected chi connectivity index (χ1v) is 6.87. The lowest BCUT2D eigenvalue weighted by Crippen LogP contribution is -2.27. The first-order chi connectivity index (χ1) is 8.85. The van der Waals surface area contributed by atoms with Gasteiger partial charge in [-0.1, -0.05) is 31.0 Å². The highest BCUT2D eigenvalue weighted by molar-refractivity contribution is 5.54. The van der Waals surface area contributed by atoms with Crippen LogP contribution in [0.5, 0.6) is 0 Å². The molecular weight excluding hydrogens is 220 g/mol. The normalized spacial score (nSPS) is 16.6. The van der Waals surface area contributed by atoms with E-state index in [2.05, 4.69) is 47.3 Å². The Hall–Kier alpha value is -1.46. The van der Waals surface area contributed by atoms with E-state index in [1.807, 2.05) is 0 Å². The van der Waals surface area contributed by atoms with E-state index >= 15 is 0 Å². The van der Waals surface area contributed by atoms with Gasteiger partial charge in [0, 0.05) is 25.3 Å². The van der Waals surface area contributed by atoms with Gasteiger partial charge in [0.05, 0.1) is 6.04 Å². The molecule has 1 atom stereocenters. The molecule has 2 nitrogen and oxygen atoms in total. The molecule has 0 saturated carbocycles. The second kappa shape index (κ2) is 6.47. The summed E-state index contributed by atoms with van der Waals surface area (Å²) >= 11 is 0. The summed E-state index contributed by atoms with van der Waals surface area (Å²) in [4.78, 5) is 2.48. The Morgan fingerprint density at radius 2 is 2.06 bits per heavy atom. The van der Waals surface area contributed by atoms with Gasteiger partial charge in [-0.3, -0.25) is 5.32 Å². The van der Waals surface area contributed by atoms with Crippen LogP contribution in [0.25, 0.3) is 0 Å². The fraction of sp³-hybridized carbons (Fsp3) is 0.500. The molecule has 1 aromatic carbocycles. The molecule has 0 aromatic heterocycles. The van der Waals surface area contributed by atoms with Crippen LogP contribution in [0.1, 0.15) is 31.7 Å². The molecule has 0 bridgehead atoms. The van der Waals surface area contributed by atoms with Crippen molar-refractivity contribution in [2.75, 3.05) is 18.0 Å². The van der Waals surface area contributed by atoms with E-state index in [-0.39, 0.29) is 6.04 Å². The molecule has 96 valence electrons. The van der Waals surface area contributed by atoms with Gasteiger partial charge in [-0.15, -0.1) is 6.42 Å². The summed E-state index contributed by atoms with van der Waals surface area (Å²) in [7, 11) is 0. The van der Waals surface area contributed by atoms with Crippen molar-refractivity contribution in [3.8, 4) is 12.3 Å². The average molecular weight is 242 g/mol. The molecule has 2 heteroatoms. The predicted molar refractivity (Wildman–Crippen MR) is 77.6 cm³/mol. The Bertz CT molecular complexity index is 413. The van der Waals surface area contributed by atoms with Crippen LogP contribution in [-0.4, -0.2) is 19.1 Å². The maximum Gasteiger partial charge on any atom is 0.0686 e. The molecule has 1 aromatic rings. The minimum Gasteiger partial charge on any atom is -0.371 e. The van der Waals surface area contributed by atoms with Crippen molar-refractivity contribution < 1.29 is 0 Å². The zero-order chi connectivity index (χ0) is 12.8. The number of nitrogens with one attached hydrogen (secondary N) is 1. The summed E-state index contributed by atoms with van der Waals surface area (Å²) in [5.74, 6) is 2.79. The fourth-order valence-corrected chi connectivity index (χ4v) is 2.48. The number of rotatable bonds is 5. The van der Waals surface area contributed by atoms with Crippen LogP contribution in [0.3, 0.4) is 0 Å². The number of para-hydroxylation sites is 1. The van der Waals surface area contributed by atoms with Crippen LogP contribution in [0.2, 0.25) is 0 Å². The highest BCUT2D eigenvalue weighted by atomic mass is 15.1. The molecule has 0 amide bonds. The molecule has 1 aliphatic rings. The van der Waals surface area contributed by atoms with Crippen molar-refractivity contribution in [2.45, 2.75) is 38.8 Å². The second-order valence-corrected chi connectivity index (χ2v) is 4.83. The summed E-state index contributed by atoms with van der Waals surface area (Å²) in [6.45, 7) is 5.34. The summed E-state index contributed by atoms with van der Waals surface area (Å²) in [5.41, 5.74) is 2.72. The molecule has 0 spiro atoms. The topological polar surface area (TPSA) is 15.3 Å². The van der Waals surface area contributed by atoms with Crippen LogP contribution in [0, 0.1) is 12.3 Å². The standard InChI is InChI=1S/C16H22N2/c1-3-15(4-2)17-13-14-9-5-6-10-16(14)18-11-7-8-12-18/h1,5-6,9-10,15,17H,4,7-8,11-13H2,2H3. The highest BCUT2D eigenvalue weighted by Crippen LogP contribution is 2.24. The van der Waals surface area contributed by atoms with Crippen molar-refractivity contribution in [3.05, 3.63) is 29.8 Å². The van der Waals surface area contributed by atoms with Gasteiger partial charge in [-0.05, 0) is 30.9 Å². The van der Waals surface area contributed by atoms with Crippen LogP contribution in [0.15, 0.2) is 24.3 Å². The smallest absolute Gasteiger partial charge is 0.0686 e. The fourth-order valence-electron chi connectivity index (χ4n) is 2.48. The van der Waals surface area contributed by atoms with Gasteiger partial charge >= 0.3 is 0 Å². The Morgan fingerprint density at radius 3 is 2.72 bits per heavy atom. The first-order valence-electron chi connectivity index (χ1n) is 6.87. The molecule has 1 heterocycles. The SMILES string of the molecule is C#CC(CC)NCc1ccccc1N1CCCC1. The van der Waals surface area contributed by atoms with E-state index in [1.165, 1.54) is 37.2 Å². The van der Waals surface area contributed by atoms with Crippen molar-refractivity contribution in [2.24, 2.45) is 0 Å². The Kier molecular flexibility index (Phi) is 4.66. The lowest BCUT2D eigenvalue weighted by molar-refractivity contribution is 0.592. The summed E-state index contributed by atoms with van der Waals surface area (Å²) in [6, 6.07) is 8.82. The highest BCUT2D eigenvalue weighted by Gasteiger charge is 2.15. The second-order valence-electron chi connectivity index (χ2n) is 4.83. The number of hydrogen-bond donors (Lipinski definition) is 1. The van der Waals surface area contributed by atoms with E-state index in [9.17, 15) is 0 Å². The number of terminal acetylenes is 1. The van der Waals surface area contributed by atoms with Gasteiger partial charge in [0.1, 0.15) is 0 Å². The number of benzene rings is 1. The molecule has 1 fully saturated rings. The van der Waals surface area contributed by atoms with Crippen LogP contribution < -0.4 is 10.2 Å². The van der Waals surface area contributed by atoms with Crippen LogP contribution in [0.4, 0.5) is 5.69 Å². The van der Waals surface area contributed by atoms with Gasteiger partial charge in [-0.25, -0.2) is 0 Å². The van der Waals surface area contributed by atoms with E-state index in [0.717, 1.165) is 13.0 Å². The lowest BCUT2D eigenvalue weighted by atomic mass is 10.1. The van der Waals surface area contributed by atoms with E-state index in [1.54, 1.807) is 0 Å². The van der Waals surface area contributed by atoms with Crippen molar-refractivity contribution >= 4 is 5.69 Å². The predicted octanol–water partition coefficient (Wildman–Crippen LogP) is 2.79. The third-order valence-corrected chi connectivity index (χ3v) is 3.59. The van der Waals surface area contributed by atoms with E-state index in [4.69, 9.17) is 6.42 Å². The summed E-state index contributed by atoms with van der Waals surface area (Å²) < 4.78 is 0. The monoisotopic (exact) mass is 242 g/mol. The van der Waals surface area contributed by atoms with Gasteiger partial charge in [0.2, 0.25) is 0 Å². The summed E-state index contributed by atoms with van der Waals surface area (Å²) in [6.07, 6.45) is 9.08. The molecule has 1 saturated heterocycles. The molecule has 1 aliphatic heterocycles. The largest absolute Gasteiger partial charge is 0.371 e. The van der Waals surface area contributed by atoms with Gasteiger partial charge in [-0.2, -0.15) is 0 Å². The maximum absolute atomic E-state index is 5.48. The zero-order valence-corrected chi connectivity index (χ0v) is 11.2. The Labute approximate surface area is 110 Å². The lowest BCUT2D eigenvalue weighted by Gasteiger charge is -2.22. The Balaban J connectivity index is 2.05. The van der Waals surface area contributed by atoms with Crippen LogP contribution >= 0.6 is 0 Å². The molecule has 1 unspecified atom stereocenters. The quantitative estimate of drug-likeness (QED) is 0.799. The number of anilines is 1. The number of nitrogens with zero attached hydrogens (tertiary/aromatic N) is 1. The number of hydrogen-bond acceptors (Lipinski definition) is 2. The molecule has 0 aliphatic carbocycles. The maximum atomic E-state index is 5.48. The average Bonchev–Trinajstić information content (AvgIpc) is 2.94. The first kappa shape index (κ1) is 13.0. The molecular formula is C16H22N2. The van der Waals surface area contributed by atoms with Crippen molar-refractivity contribution in [3.63, 3.8) is 0 Å². The summed E-state index contributed by atoms with van der Waals surface area (Å²) in [5, 5.41) is 3.44. The Morgan fingerprint density at radius 1 is 1.33 bits per heavy atom. The minimum atomic E-state index is 0.177. The van der Waals surface area contributed by atoms with E-state index in [0.29, 0.717) is 0 Å².